The average Bonchev–Trinajstić information content (AvgIpc) is 2.95. The molecule has 0 aromatic heterocycles. The number of carboxylic acids is 1. The molecule has 1 heterocycles. The van der Waals surface area contributed by atoms with E-state index in [1.807, 2.05) is 4.72 Å². The number of rotatable bonds is 7. The summed E-state index contributed by atoms with van der Waals surface area (Å²) >= 11 is 0. The first-order chi connectivity index (χ1) is 11.6. The van der Waals surface area contributed by atoms with Crippen LogP contribution >= 0.6 is 0 Å². The van der Waals surface area contributed by atoms with Crippen molar-refractivity contribution >= 4 is 21.7 Å². The van der Waals surface area contributed by atoms with Crippen molar-refractivity contribution in [2.45, 2.75) is 19.0 Å². The van der Waals surface area contributed by atoms with Crippen LogP contribution in [0.1, 0.15) is 12.0 Å². The van der Waals surface area contributed by atoms with Crippen LogP contribution in [-0.2, 0) is 21.2 Å². The van der Waals surface area contributed by atoms with Gasteiger partial charge in [-0.25, -0.2) is 8.42 Å². The van der Waals surface area contributed by atoms with Gasteiger partial charge >= 0.3 is 12.1 Å². The molecule has 0 unspecified atom stereocenters. The fraction of sp³-hybridized carbons (Fsp3) is 0.533. The van der Waals surface area contributed by atoms with Crippen LogP contribution < -0.4 is 10.0 Å². The minimum atomic E-state index is -4.84. The Labute approximate surface area is 143 Å². The molecular weight excluding hydrogens is 361 g/mol. The molecule has 0 saturated carbocycles. The van der Waals surface area contributed by atoms with Crippen LogP contribution in [0.5, 0.6) is 0 Å². The van der Waals surface area contributed by atoms with E-state index >= 15 is 0 Å². The molecule has 0 bridgehead atoms. The fourth-order valence-electron chi connectivity index (χ4n) is 2.92. The highest BCUT2D eigenvalue weighted by molar-refractivity contribution is 7.92. The predicted molar refractivity (Wildman–Crippen MR) is 85.7 cm³/mol. The van der Waals surface area contributed by atoms with Crippen molar-refractivity contribution < 1.29 is 31.5 Å². The van der Waals surface area contributed by atoms with E-state index in [9.17, 15) is 31.5 Å². The average molecular weight is 380 g/mol. The molecule has 3 N–H and O–H groups in total. The summed E-state index contributed by atoms with van der Waals surface area (Å²) in [6.45, 7) is 1.33. The number of sulfonamides is 1. The molecule has 1 aromatic carbocycles. The van der Waals surface area contributed by atoms with E-state index < -0.39 is 33.8 Å². The van der Waals surface area contributed by atoms with Crippen molar-refractivity contribution in [3.63, 3.8) is 0 Å². The van der Waals surface area contributed by atoms with Crippen molar-refractivity contribution in [3.05, 3.63) is 29.8 Å². The smallest absolute Gasteiger partial charge is 0.404 e. The highest BCUT2D eigenvalue weighted by Crippen LogP contribution is 2.25. The van der Waals surface area contributed by atoms with Gasteiger partial charge in [-0.3, -0.25) is 9.52 Å². The molecule has 1 fully saturated rings. The number of halogens is 3. The number of carboxylic acid groups (broad SMARTS) is 1. The topological polar surface area (TPSA) is 95.5 Å². The molecule has 0 amide bonds. The monoisotopic (exact) mass is 380 g/mol. The first-order valence-electron chi connectivity index (χ1n) is 7.65. The van der Waals surface area contributed by atoms with E-state index in [2.05, 4.69) is 5.32 Å². The zero-order valence-corrected chi connectivity index (χ0v) is 14.0. The van der Waals surface area contributed by atoms with Crippen LogP contribution in [-0.4, -0.2) is 44.5 Å². The third-order valence-corrected chi connectivity index (χ3v) is 5.25. The largest absolute Gasteiger partial charge is 0.481 e. The number of hydrogen-bond acceptors (Lipinski definition) is 4. The molecule has 1 aromatic rings. The second-order valence-electron chi connectivity index (χ2n) is 6.08. The van der Waals surface area contributed by atoms with Gasteiger partial charge < -0.3 is 10.4 Å². The first kappa shape index (κ1) is 19.5. The van der Waals surface area contributed by atoms with E-state index in [1.165, 1.54) is 18.2 Å². The third-order valence-electron chi connectivity index (χ3n) is 3.99. The zero-order chi connectivity index (χ0) is 18.7. The van der Waals surface area contributed by atoms with Gasteiger partial charge in [0.25, 0.3) is 0 Å². The number of alkyl halides is 3. The second kappa shape index (κ2) is 7.61. The molecule has 10 heteroatoms. The lowest BCUT2D eigenvalue weighted by molar-refractivity contribution is -0.143. The number of carbonyl (C=O) groups is 1. The summed E-state index contributed by atoms with van der Waals surface area (Å²) in [6.07, 6.45) is -3.93. The lowest BCUT2D eigenvalue weighted by Crippen LogP contribution is -2.28. The lowest BCUT2D eigenvalue weighted by Gasteiger charge is -2.19. The maximum Gasteiger partial charge on any atom is 0.404 e. The minimum absolute atomic E-state index is 0.0181. The maximum absolute atomic E-state index is 12.3. The van der Waals surface area contributed by atoms with Crippen molar-refractivity contribution in [1.29, 1.82) is 0 Å². The van der Waals surface area contributed by atoms with Crippen molar-refractivity contribution in [3.8, 4) is 0 Å². The van der Waals surface area contributed by atoms with Crippen LogP contribution in [0.3, 0.4) is 0 Å². The van der Waals surface area contributed by atoms with Gasteiger partial charge in [0.15, 0.2) is 5.75 Å². The van der Waals surface area contributed by atoms with Crippen LogP contribution in [0.2, 0.25) is 0 Å². The Balaban J connectivity index is 2.11. The van der Waals surface area contributed by atoms with E-state index in [0.717, 1.165) is 13.0 Å². The van der Waals surface area contributed by atoms with E-state index in [1.54, 1.807) is 6.07 Å². The summed E-state index contributed by atoms with van der Waals surface area (Å²) in [5.74, 6) is -3.60. The van der Waals surface area contributed by atoms with Gasteiger partial charge in [0, 0.05) is 5.69 Å². The molecule has 1 aliphatic rings. The summed E-state index contributed by atoms with van der Waals surface area (Å²) in [5, 5.41) is 12.5. The summed E-state index contributed by atoms with van der Waals surface area (Å²) in [7, 11) is -4.57. The van der Waals surface area contributed by atoms with Gasteiger partial charge in [-0.2, -0.15) is 13.2 Å². The number of anilines is 1. The molecule has 0 aliphatic carbocycles. The van der Waals surface area contributed by atoms with Crippen LogP contribution in [0, 0.1) is 11.8 Å². The molecule has 25 heavy (non-hydrogen) atoms. The van der Waals surface area contributed by atoms with Crippen molar-refractivity contribution in [2.24, 2.45) is 11.8 Å². The highest BCUT2D eigenvalue weighted by Gasteiger charge is 2.35. The Kier molecular flexibility index (Phi) is 5.94. The lowest BCUT2D eigenvalue weighted by atomic mass is 9.86. The fourth-order valence-corrected chi connectivity index (χ4v) is 3.91. The molecule has 6 nitrogen and oxygen atoms in total. The SMILES string of the molecule is O=C(O)[C@@H](Cc1cccc(NS(=O)(=O)CC(F)(F)F)c1)[C@H]1CCNC1. The maximum atomic E-state index is 12.3. The van der Waals surface area contributed by atoms with Crippen molar-refractivity contribution in [1.82, 2.24) is 5.32 Å². The highest BCUT2D eigenvalue weighted by atomic mass is 32.2. The van der Waals surface area contributed by atoms with Gasteiger partial charge in [0.05, 0.1) is 5.92 Å². The van der Waals surface area contributed by atoms with Gasteiger partial charge in [0.1, 0.15) is 0 Å². The molecule has 2 rings (SSSR count). The van der Waals surface area contributed by atoms with Gasteiger partial charge in [-0.05, 0) is 49.5 Å². The Morgan fingerprint density at radius 1 is 1.40 bits per heavy atom. The normalized spacial score (nSPS) is 19.6. The quantitative estimate of drug-likeness (QED) is 0.671. The Hall–Kier alpha value is -1.81. The van der Waals surface area contributed by atoms with Crippen LogP contribution in [0.25, 0.3) is 0 Å². The Morgan fingerprint density at radius 2 is 2.12 bits per heavy atom. The summed E-state index contributed by atoms with van der Waals surface area (Å²) < 4.78 is 61.8. The summed E-state index contributed by atoms with van der Waals surface area (Å²) in [4.78, 5) is 11.5. The van der Waals surface area contributed by atoms with Crippen LogP contribution in [0.4, 0.5) is 18.9 Å². The third kappa shape index (κ3) is 6.20. The molecule has 0 spiro atoms. The molecular formula is C15H19F3N2O4S. The number of hydrogen-bond donors (Lipinski definition) is 3. The summed E-state index contributed by atoms with van der Waals surface area (Å²) in [6, 6.07) is 5.79. The predicted octanol–water partition coefficient (Wildman–Crippen LogP) is 1.84. The number of nitrogens with one attached hydrogen (secondary N) is 2. The molecule has 0 radical (unpaired) electrons. The second-order valence-corrected chi connectivity index (χ2v) is 7.80. The van der Waals surface area contributed by atoms with Crippen molar-refractivity contribution in [2.75, 3.05) is 23.6 Å². The molecule has 140 valence electrons. The van der Waals surface area contributed by atoms with Gasteiger partial charge in [-0.1, -0.05) is 12.1 Å². The van der Waals surface area contributed by atoms with Crippen LogP contribution in [0.15, 0.2) is 24.3 Å². The van der Waals surface area contributed by atoms with E-state index in [-0.39, 0.29) is 18.0 Å². The Morgan fingerprint density at radius 3 is 2.68 bits per heavy atom. The van der Waals surface area contributed by atoms with E-state index in [0.29, 0.717) is 12.1 Å². The minimum Gasteiger partial charge on any atom is -0.481 e. The van der Waals surface area contributed by atoms with Gasteiger partial charge in [0.2, 0.25) is 10.0 Å². The number of benzene rings is 1. The van der Waals surface area contributed by atoms with E-state index in [4.69, 9.17) is 0 Å². The standard InChI is InChI=1S/C15H19F3N2O4S/c16-15(17,18)9-25(23,24)20-12-3-1-2-10(6-12)7-13(14(21)22)11-4-5-19-8-11/h1-3,6,11,13,19-20H,4-5,7-9H2,(H,21,22)/t11-,13-/m0/s1. The Bertz CT molecular complexity index is 716. The first-order valence-corrected chi connectivity index (χ1v) is 9.31. The zero-order valence-electron chi connectivity index (χ0n) is 13.2. The number of aliphatic carboxylic acids is 1. The molecule has 2 atom stereocenters. The summed E-state index contributed by atoms with van der Waals surface area (Å²) in [5.41, 5.74) is 0.530. The molecule has 1 saturated heterocycles. The van der Waals surface area contributed by atoms with Gasteiger partial charge in [-0.15, -0.1) is 0 Å². The molecule has 1 aliphatic heterocycles.